The van der Waals surface area contributed by atoms with Gasteiger partial charge in [0, 0.05) is 42.0 Å². The lowest BCUT2D eigenvalue weighted by molar-refractivity contribution is -0.245. The van der Waals surface area contributed by atoms with Gasteiger partial charge in [0.25, 0.3) is 0 Å². The number of aliphatic hydroxyl groups is 1. The highest BCUT2D eigenvalue weighted by molar-refractivity contribution is 7.99. The van der Waals surface area contributed by atoms with Crippen molar-refractivity contribution in [2.45, 2.75) is 75.1 Å². The average Bonchev–Trinajstić information content (AvgIpc) is 3.20. The first-order chi connectivity index (χ1) is 25.9. The van der Waals surface area contributed by atoms with Gasteiger partial charge in [-0.1, -0.05) is 97.4 Å². The van der Waals surface area contributed by atoms with Gasteiger partial charge in [-0.25, -0.2) is 0 Å². The summed E-state index contributed by atoms with van der Waals surface area (Å²) in [5, 5.41) is 15.4. The Morgan fingerprint density at radius 3 is 2.21 bits per heavy atom. The summed E-state index contributed by atoms with van der Waals surface area (Å²) in [5.41, 5.74) is 13.0. The van der Waals surface area contributed by atoms with Crippen molar-refractivity contribution in [1.29, 1.82) is 0 Å². The van der Waals surface area contributed by atoms with Crippen LogP contribution in [0.5, 0.6) is 0 Å². The second-order valence-corrected chi connectivity index (χ2v) is 14.4. The Morgan fingerprint density at radius 2 is 1.43 bits per heavy atom. The van der Waals surface area contributed by atoms with Crippen molar-refractivity contribution in [2.24, 2.45) is 0 Å². The van der Waals surface area contributed by atoms with Crippen LogP contribution in [0.15, 0.2) is 132 Å². The third kappa shape index (κ3) is 11.3. The summed E-state index contributed by atoms with van der Waals surface area (Å²) >= 11 is 1.78. The molecule has 0 radical (unpaired) electrons. The molecule has 1 fully saturated rings. The van der Waals surface area contributed by atoms with Crippen molar-refractivity contribution >= 4 is 35.0 Å². The molecule has 274 valence electrons. The first kappa shape index (κ1) is 37.8. The average molecular weight is 730 g/mol. The van der Waals surface area contributed by atoms with Gasteiger partial charge in [-0.2, -0.15) is 0 Å². The second-order valence-electron chi connectivity index (χ2n) is 13.3. The maximum atomic E-state index is 12.6. The maximum absolute atomic E-state index is 12.6. The Bertz CT molecular complexity index is 1940. The Balaban J connectivity index is 1.02. The first-order valence-corrected chi connectivity index (χ1v) is 19.2. The third-order valence-corrected chi connectivity index (χ3v) is 10.4. The van der Waals surface area contributed by atoms with Crippen LogP contribution in [0.4, 0.5) is 11.4 Å². The number of aliphatic hydroxyl groups excluding tert-OH is 1. The fourth-order valence-electron chi connectivity index (χ4n) is 6.31. The molecule has 5 aromatic rings. The molecule has 8 nitrogen and oxygen atoms in total. The van der Waals surface area contributed by atoms with Crippen molar-refractivity contribution in [1.82, 2.24) is 5.32 Å². The number of unbranched alkanes of at least 4 members (excludes halogenated alkanes) is 2. The number of nitrogen functional groups attached to an aromatic ring is 1. The van der Waals surface area contributed by atoms with Crippen molar-refractivity contribution in [3.05, 3.63) is 150 Å². The number of rotatable bonds is 16. The summed E-state index contributed by atoms with van der Waals surface area (Å²) in [6.45, 7) is 0.434. The summed E-state index contributed by atoms with van der Waals surface area (Å²) in [4.78, 5) is 26.1. The van der Waals surface area contributed by atoms with Crippen LogP contribution in [-0.4, -0.2) is 28.8 Å². The standard InChI is InChI=1S/C44H47N3O5S/c45-39-17-7-8-18-40(39)47-43(50)20-6-2-5-19-42(49)46-28-32-11-9-12-34(25-32)35-13-10-14-36(26-35)44-51-37(30-53-38-15-3-1-4-16-38)27-41(52-44)33-23-21-31(29-48)22-24-33/h1,3-4,7-18,21-26,37,41,44,48H,2,5-6,19-20,27-30,45H2,(H,46,49)(H,47,50)/t37-,41+,44+/m1/s1. The lowest BCUT2D eigenvalue weighted by Crippen LogP contribution is -2.31. The van der Waals surface area contributed by atoms with Crippen LogP contribution >= 0.6 is 11.8 Å². The summed E-state index contributed by atoms with van der Waals surface area (Å²) in [7, 11) is 0. The van der Waals surface area contributed by atoms with Crippen LogP contribution < -0.4 is 16.4 Å². The van der Waals surface area contributed by atoms with E-state index in [9.17, 15) is 14.7 Å². The van der Waals surface area contributed by atoms with Crippen molar-refractivity contribution < 1.29 is 24.2 Å². The van der Waals surface area contributed by atoms with Gasteiger partial charge in [0.05, 0.1) is 30.2 Å². The van der Waals surface area contributed by atoms with Crippen molar-refractivity contribution in [2.75, 3.05) is 16.8 Å². The lowest BCUT2D eigenvalue weighted by atomic mass is 9.99. The number of hydrogen-bond acceptors (Lipinski definition) is 7. The molecule has 0 aliphatic carbocycles. The first-order valence-electron chi connectivity index (χ1n) is 18.2. The van der Waals surface area contributed by atoms with Gasteiger partial charge < -0.3 is 30.9 Å². The van der Waals surface area contributed by atoms with Crippen LogP contribution in [0.1, 0.15) is 73.2 Å². The molecule has 2 amide bonds. The molecule has 1 aliphatic heterocycles. The third-order valence-electron chi connectivity index (χ3n) is 9.25. The zero-order chi connectivity index (χ0) is 36.8. The minimum atomic E-state index is -0.549. The molecule has 53 heavy (non-hydrogen) atoms. The molecule has 1 heterocycles. The number of carbonyl (C=O) groups excluding carboxylic acids is 2. The number of para-hydroxylation sites is 2. The Morgan fingerprint density at radius 1 is 0.717 bits per heavy atom. The Hall–Kier alpha value is -4.93. The van der Waals surface area contributed by atoms with Crippen LogP contribution in [0.25, 0.3) is 11.1 Å². The lowest BCUT2D eigenvalue weighted by Gasteiger charge is -2.36. The van der Waals surface area contributed by atoms with E-state index in [1.807, 2.05) is 78.9 Å². The number of ether oxygens (including phenoxy) is 2. The molecule has 5 aromatic carbocycles. The largest absolute Gasteiger partial charge is 0.397 e. The molecule has 1 aliphatic rings. The second kappa shape index (κ2) is 19.2. The number of amides is 2. The topological polar surface area (TPSA) is 123 Å². The molecular weight excluding hydrogens is 683 g/mol. The van der Waals surface area contributed by atoms with E-state index < -0.39 is 6.29 Å². The molecule has 0 bridgehead atoms. The van der Waals surface area contributed by atoms with Gasteiger partial charge >= 0.3 is 0 Å². The summed E-state index contributed by atoms with van der Waals surface area (Å²) in [6.07, 6.45) is 2.99. The molecule has 9 heteroatoms. The number of benzene rings is 5. The number of thioether (sulfide) groups is 1. The van der Waals surface area contributed by atoms with Gasteiger partial charge in [0.2, 0.25) is 11.8 Å². The van der Waals surface area contributed by atoms with Crippen LogP contribution in [0, 0.1) is 0 Å². The van der Waals surface area contributed by atoms with Gasteiger partial charge in [-0.3, -0.25) is 9.59 Å². The van der Waals surface area contributed by atoms with E-state index in [4.69, 9.17) is 15.2 Å². The van der Waals surface area contributed by atoms with Gasteiger partial charge in [0.15, 0.2) is 6.29 Å². The predicted molar refractivity (Wildman–Crippen MR) is 212 cm³/mol. The highest BCUT2D eigenvalue weighted by Crippen LogP contribution is 2.40. The number of carbonyl (C=O) groups is 2. The van der Waals surface area contributed by atoms with Gasteiger partial charge in [-0.05, 0) is 77.1 Å². The Kier molecular flexibility index (Phi) is 13.7. The number of nitrogens with one attached hydrogen (secondary N) is 2. The van der Waals surface area contributed by atoms with Gasteiger partial charge in [-0.15, -0.1) is 11.8 Å². The van der Waals surface area contributed by atoms with Gasteiger partial charge in [0.1, 0.15) is 0 Å². The quantitative estimate of drug-likeness (QED) is 0.0454. The minimum absolute atomic E-state index is 0.00378. The van der Waals surface area contributed by atoms with Crippen LogP contribution in [0.2, 0.25) is 0 Å². The number of hydrogen-bond donors (Lipinski definition) is 4. The number of anilines is 2. The van der Waals surface area contributed by atoms with E-state index >= 15 is 0 Å². The monoisotopic (exact) mass is 729 g/mol. The molecule has 0 saturated carbocycles. The van der Waals surface area contributed by atoms with Crippen LogP contribution in [0.3, 0.4) is 0 Å². The van der Waals surface area contributed by atoms with E-state index in [-0.39, 0.29) is 30.6 Å². The van der Waals surface area contributed by atoms with E-state index in [1.54, 1.807) is 23.9 Å². The summed E-state index contributed by atoms with van der Waals surface area (Å²) in [5.74, 6) is 0.712. The highest BCUT2D eigenvalue weighted by atomic mass is 32.2. The molecule has 0 aromatic heterocycles. The van der Waals surface area contributed by atoms with E-state index in [0.29, 0.717) is 43.6 Å². The molecule has 1 saturated heterocycles. The van der Waals surface area contributed by atoms with E-state index in [2.05, 4.69) is 47.0 Å². The van der Waals surface area contributed by atoms with Crippen molar-refractivity contribution in [3.63, 3.8) is 0 Å². The normalized spacial score (nSPS) is 16.9. The Labute approximate surface area is 316 Å². The fourth-order valence-corrected chi connectivity index (χ4v) is 7.26. The molecule has 0 spiro atoms. The minimum Gasteiger partial charge on any atom is -0.397 e. The molecular formula is C44H47N3O5S. The van der Waals surface area contributed by atoms with Crippen molar-refractivity contribution in [3.8, 4) is 11.1 Å². The van der Waals surface area contributed by atoms with E-state index in [1.165, 1.54) is 4.90 Å². The fraction of sp³-hybridized carbons (Fsp3) is 0.273. The molecule has 0 unspecified atom stereocenters. The number of nitrogens with two attached hydrogens (primary N) is 1. The maximum Gasteiger partial charge on any atom is 0.224 e. The summed E-state index contributed by atoms with van der Waals surface area (Å²) in [6, 6.07) is 42.0. The highest BCUT2D eigenvalue weighted by Gasteiger charge is 2.32. The zero-order valence-corrected chi connectivity index (χ0v) is 30.6. The zero-order valence-electron chi connectivity index (χ0n) is 29.8. The van der Waals surface area contributed by atoms with Crippen LogP contribution in [-0.2, 0) is 32.2 Å². The molecule has 6 rings (SSSR count). The smallest absolute Gasteiger partial charge is 0.224 e. The molecule has 3 atom stereocenters. The SMILES string of the molecule is Nc1ccccc1NC(=O)CCCCCC(=O)NCc1cccc(-c2cccc([C@H]3O[C@@H](CSc4ccccc4)C[C@@H](c4ccc(CO)cc4)O3)c2)c1. The van der Waals surface area contributed by atoms with E-state index in [0.717, 1.165) is 52.0 Å². The predicted octanol–water partition coefficient (Wildman–Crippen LogP) is 8.97. The summed E-state index contributed by atoms with van der Waals surface area (Å²) < 4.78 is 13.2. The molecule has 5 N–H and O–H groups in total.